The zero-order valence-corrected chi connectivity index (χ0v) is 16.8. The second-order valence-electron chi connectivity index (χ2n) is 6.79. The molecule has 0 bridgehead atoms. The van der Waals surface area contributed by atoms with Gasteiger partial charge in [-0.3, -0.25) is 4.79 Å². The van der Waals surface area contributed by atoms with Gasteiger partial charge in [0.25, 0.3) is 5.91 Å². The normalized spacial score (nSPS) is 14.5. The smallest absolute Gasteiger partial charge is 0.418 e. The molecule has 160 valence electrons. The molecular weight excluding hydrogens is 419 g/mol. The largest absolute Gasteiger partial charge is 0.489 e. The summed E-state index contributed by atoms with van der Waals surface area (Å²) in [6.45, 7) is 5.80. The number of anilines is 2. The van der Waals surface area contributed by atoms with Crippen LogP contribution in [0.15, 0.2) is 49.1 Å². The van der Waals surface area contributed by atoms with Gasteiger partial charge in [0.2, 0.25) is 0 Å². The quantitative estimate of drug-likeness (QED) is 0.551. The number of hydrogen-bond donors (Lipinski definition) is 1. The van der Waals surface area contributed by atoms with Gasteiger partial charge < -0.3 is 20.3 Å². The molecule has 0 spiro atoms. The lowest BCUT2D eigenvalue weighted by atomic mass is 10.1. The number of alkyl halides is 3. The van der Waals surface area contributed by atoms with Gasteiger partial charge in [0, 0.05) is 43.5 Å². The molecule has 2 N–H and O–H groups in total. The summed E-state index contributed by atoms with van der Waals surface area (Å²) in [6, 6.07) is 9.50. The first kappa shape index (κ1) is 21.8. The summed E-state index contributed by atoms with van der Waals surface area (Å²) >= 11 is 5.84. The van der Waals surface area contributed by atoms with Gasteiger partial charge in [-0.15, -0.1) is 0 Å². The van der Waals surface area contributed by atoms with Gasteiger partial charge in [0.1, 0.15) is 12.4 Å². The number of carbonyl (C=O) groups is 1. The molecule has 1 fully saturated rings. The highest BCUT2D eigenvalue weighted by atomic mass is 35.5. The van der Waals surface area contributed by atoms with Crippen molar-refractivity contribution in [1.82, 2.24) is 4.90 Å². The molecule has 2 aromatic rings. The summed E-state index contributed by atoms with van der Waals surface area (Å²) in [5.74, 6) is 0.201. The van der Waals surface area contributed by atoms with Crippen molar-refractivity contribution < 1.29 is 22.7 Å². The van der Waals surface area contributed by atoms with Gasteiger partial charge in [-0.05, 0) is 24.3 Å². The van der Waals surface area contributed by atoms with Crippen LogP contribution in [0.5, 0.6) is 5.75 Å². The first-order chi connectivity index (χ1) is 14.2. The summed E-state index contributed by atoms with van der Waals surface area (Å²) in [5.41, 5.74) is 4.57. The Morgan fingerprint density at radius 2 is 1.90 bits per heavy atom. The zero-order valence-electron chi connectivity index (χ0n) is 16.1. The maximum atomic E-state index is 13.2. The average molecular weight is 440 g/mol. The predicted molar refractivity (Wildman–Crippen MR) is 111 cm³/mol. The maximum Gasteiger partial charge on any atom is 0.418 e. The predicted octanol–water partition coefficient (Wildman–Crippen LogP) is 4.47. The molecule has 9 heteroatoms. The van der Waals surface area contributed by atoms with Crippen molar-refractivity contribution in [3.05, 3.63) is 65.2 Å². The van der Waals surface area contributed by atoms with Gasteiger partial charge >= 0.3 is 6.18 Å². The highest BCUT2D eigenvalue weighted by Crippen LogP contribution is 2.38. The van der Waals surface area contributed by atoms with Crippen LogP contribution in [0.4, 0.5) is 24.5 Å². The lowest BCUT2D eigenvalue weighted by Crippen LogP contribution is -2.48. The highest BCUT2D eigenvalue weighted by Gasteiger charge is 2.35. The summed E-state index contributed by atoms with van der Waals surface area (Å²) in [7, 11) is 0. The summed E-state index contributed by atoms with van der Waals surface area (Å²) in [5, 5.41) is -0.289. The fourth-order valence-electron chi connectivity index (χ4n) is 3.25. The summed E-state index contributed by atoms with van der Waals surface area (Å²) in [4.78, 5) is 16.4. The Morgan fingerprint density at radius 3 is 2.53 bits per heavy atom. The number of piperazine rings is 1. The monoisotopic (exact) mass is 439 g/mol. The number of carbonyl (C=O) groups excluding carboxylic acids is 1. The van der Waals surface area contributed by atoms with E-state index in [0.717, 1.165) is 11.8 Å². The molecule has 2 aromatic carbocycles. The molecule has 1 heterocycles. The molecule has 0 aromatic heterocycles. The Bertz CT molecular complexity index is 942. The Kier molecular flexibility index (Phi) is 6.45. The zero-order chi connectivity index (χ0) is 21.9. The molecule has 3 rings (SSSR count). The van der Waals surface area contributed by atoms with E-state index in [1.54, 1.807) is 6.08 Å². The third-order valence-corrected chi connectivity index (χ3v) is 5.11. The number of nitrogens with zero attached hydrogens (tertiary/aromatic N) is 2. The van der Waals surface area contributed by atoms with Crippen molar-refractivity contribution in [3.8, 4) is 5.75 Å². The SMILES string of the molecule is C=CCOc1cccc(N2CCN(C(=O)c3cc(Cl)c(N)c(C(F)(F)F)c3)CC2)c1. The number of hydrogen-bond acceptors (Lipinski definition) is 4. The van der Waals surface area contributed by atoms with Crippen molar-refractivity contribution in [2.75, 3.05) is 43.4 Å². The number of halogens is 4. The first-order valence-electron chi connectivity index (χ1n) is 9.25. The van der Waals surface area contributed by atoms with E-state index in [-0.39, 0.29) is 10.6 Å². The summed E-state index contributed by atoms with van der Waals surface area (Å²) < 4.78 is 45.1. The molecule has 1 aliphatic rings. The molecule has 1 amide bonds. The minimum absolute atomic E-state index is 0.130. The molecular formula is C21H21ClF3N3O2. The lowest BCUT2D eigenvalue weighted by Gasteiger charge is -2.36. The molecule has 1 saturated heterocycles. The Hall–Kier alpha value is -2.87. The Balaban J connectivity index is 1.70. The van der Waals surface area contributed by atoms with E-state index in [9.17, 15) is 18.0 Å². The van der Waals surface area contributed by atoms with Gasteiger partial charge in [0.05, 0.1) is 16.3 Å². The van der Waals surface area contributed by atoms with Crippen molar-refractivity contribution in [2.45, 2.75) is 6.18 Å². The second-order valence-corrected chi connectivity index (χ2v) is 7.20. The van der Waals surface area contributed by atoms with Crippen LogP contribution in [0.25, 0.3) is 0 Å². The van der Waals surface area contributed by atoms with Crippen molar-refractivity contribution in [2.24, 2.45) is 0 Å². The van der Waals surface area contributed by atoms with Gasteiger partial charge in [0.15, 0.2) is 0 Å². The number of rotatable bonds is 5. The molecule has 0 radical (unpaired) electrons. The number of nitrogen functional groups attached to an aromatic ring is 1. The maximum absolute atomic E-state index is 13.2. The third kappa shape index (κ3) is 4.81. The van der Waals surface area contributed by atoms with Crippen LogP contribution in [0.3, 0.4) is 0 Å². The lowest BCUT2D eigenvalue weighted by molar-refractivity contribution is -0.136. The van der Waals surface area contributed by atoms with E-state index in [4.69, 9.17) is 22.1 Å². The highest BCUT2D eigenvalue weighted by molar-refractivity contribution is 6.33. The van der Waals surface area contributed by atoms with Gasteiger partial charge in [-0.2, -0.15) is 13.2 Å². The van der Waals surface area contributed by atoms with Crippen molar-refractivity contribution in [1.29, 1.82) is 0 Å². The van der Waals surface area contributed by atoms with Gasteiger partial charge in [-0.1, -0.05) is 30.3 Å². The fraction of sp³-hybridized carbons (Fsp3) is 0.286. The van der Waals surface area contributed by atoms with Crippen LogP contribution in [0.2, 0.25) is 5.02 Å². The number of ether oxygens (including phenoxy) is 1. The molecule has 5 nitrogen and oxygen atoms in total. The first-order valence-corrected chi connectivity index (χ1v) is 9.62. The van der Waals surface area contributed by atoms with Crippen LogP contribution in [0, 0.1) is 0 Å². The van der Waals surface area contributed by atoms with E-state index in [1.165, 1.54) is 11.0 Å². The molecule has 0 atom stereocenters. The van der Waals surface area contributed by atoms with E-state index in [1.807, 2.05) is 24.3 Å². The summed E-state index contributed by atoms with van der Waals surface area (Å²) in [6.07, 6.45) is -3.04. The fourth-order valence-corrected chi connectivity index (χ4v) is 3.47. The molecule has 1 aliphatic heterocycles. The third-order valence-electron chi connectivity index (χ3n) is 4.80. The topological polar surface area (TPSA) is 58.8 Å². The molecule has 0 unspecified atom stereocenters. The number of benzene rings is 2. The Morgan fingerprint density at radius 1 is 1.20 bits per heavy atom. The van der Waals surface area contributed by atoms with Crippen LogP contribution in [-0.4, -0.2) is 43.6 Å². The van der Waals surface area contributed by atoms with E-state index < -0.39 is 23.3 Å². The van der Waals surface area contributed by atoms with Gasteiger partial charge in [-0.25, -0.2) is 0 Å². The van der Waals surface area contributed by atoms with Crippen LogP contribution in [-0.2, 0) is 6.18 Å². The molecule has 0 saturated carbocycles. The van der Waals surface area contributed by atoms with Crippen LogP contribution < -0.4 is 15.4 Å². The standard InChI is InChI=1S/C21H21ClF3N3O2/c1-2-10-30-16-5-3-4-15(13-16)27-6-8-28(9-7-27)20(29)14-11-17(21(23,24)25)19(26)18(22)12-14/h2-5,11-13H,1,6-10,26H2. The van der Waals surface area contributed by atoms with Crippen LogP contribution in [0.1, 0.15) is 15.9 Å². The number of nitrogens with two attached hydrogens (primary N) is 1. The van der Waals surface area contributed by atoms with E-state index >= 15 is 0 Å². The molecule has 30 heavy (non-hydrogen) atoms. The number of amides is 1. The van der Waals surface area contributed by atoms with E-state index in [0.29, 0.717) is 38.5 Å². The van der Waals surface area contributed by atoms with Crippen molar-refractivity contribution in [3.63, 3.8) is 0 Å². The van der Waals surface area contributed by atoms with E-state index in [2.05, 4.69) is 11.5 Å². The average Bonchev–Trinajstić information content (AvgIpc) is 2.73. The minimum Gasteiger partial charge on any atom is -0.489 e. The second kappa shape index (κ2) is 8.87. The van der Waals surface area contributed by atoms with Crippen LogP contribution >= 0.6 is 11.6 Å². The van der Waals surface area contributed by atoms with Crippen molar-refractivity contribution >= 4 is 28.9 Å². The minimum atomic E-state index is -4.69. The molecule has 0 aliphatic carbocycles. The Labute approximate surface area is 177 Å².